The molecule has 2 rings (SSSR count). The smallest absolute Gasteiger partial charge is 0.242 e. The molecule has 0 aromatic heterocycles. The van der Waals surface area contributed by atoms with E-state index in [9.17, 15) is 9.59 Å². The van der Waals surface area contributed by atoms with Crippen molar-refractivity contribution in [2.24, 2.45) is 0 Å². The van der Waals surface area contributed by atoms with Crippen molar-refractivity contribution < 1.29 is 9.59 Å². The summed E-state index contributed by atoms with van der Waals surface area (Å²) in [7, 11) is 0. The summed E-state index contributed by atoms with van der Waals surface area (Å²) in [6.07, 6.45) is 1.50. The molecule has 1 atom stereocenters. The van der Waals surface area contributed by atoms with Gasteiger partial charge in [0.25, 0.3) is 0 Å². The van der Waals surface area contributed by atoms with Gasteiger partial charge in [-0.25, -0.2) is 0 Å². The molecule has 1 N–H and O–H groups in total. The van der Waals surface area contributed by atoms with Crippen LogP contribution in [0.15, 0.2) is 0 Å². The fraction of sp³-hybridized carbons (Fsp3) is 0.818. The molecule has 0 saturated carbocycles. The van der Waals surface area contributed by atoms with Crippen LogP contribution in [0, 0.1) is 0 Å². The van der Waals surface area contributed by atoms with E-state index in [-0.39, 0.29) is 18.4 Å². The number of carbonyl (C=O) groups is 2. The second-order valence-electron chi connectivity index (χ2n) is 4.61. The Labute approximate surface area is 95.8 Å². The van der Waals surface area contributed by atoms with Gasteiger partial charge in [0, 0.05) is 38.6 Å². The van der Waals surface area contributed by atoms with Crippen molar-refractivity contribution >= 4 is 11.8 Å². The Morgan fingerprint density at radius 2 is 2.31 bits per heavy atom. The molecule has 90 valence electrons. The Kier molecular flexibility index (Phi) is 3.43. The van der Waals surface area contributed by atoms with Gasteiger partial charge in [-0.1, -0.05) is 0 Å². The Bertz CT molecular complexity index is 293. The van der Waals surface area contributed by atoms with Gasteiger partial charge in [-0.3, -0.25) is 9.59 Å². The number of amides is 2. The van der Waals surface area contributed by atoms with Crippen LogP contribution in [-0.2, 0) is 9.59 Å². The summed E-state index contributed by atoms with van der Waals surface area (Å²) in [5, 5.41) is 3.29. The molecule has 0 radical (unpaired) electrons. The Hall–Kier alpha value is -1.10. The predicted octanol–water partition coefficient (Wildman–Crippen LogP) is -0.571. The first-order chi connectivity index (χ1) is 7.66. The van der Waals surface area contributed by atoms with Crippen LogP contribution in [0.4, 0.5) is 0 Å². The van der Waals surface area contributed by atoms with Crippen LogP contribution < -0.4 is 5.32 Å². The summed E-state index contributed by atoms with van der Waals surface area (Å²) in [4.78, 5) is 26.9. The van der Waals surface area contributed by atoms with Crippen molar-refractivity contribution in [2.75, 3.05) is 32.7 Å². The minimum absolute atomic E-state index is 0.0867. The van der Waals surface area contributed by atoms with Crippen molar-refractivity contribution in [2.45, 2.75) is 25.8 Å². The second kappa shape index (κ2) is 4.82. The van der Waals surface area contributed by atoms with E-state index in [0.717, 1.165) is 32.6 Å². The van der Waals surface area contributed by atoms with E-state index >= 15 is 0 Å². The van der Waals surface area contributed by atoms with Crippen molar-refractivity contribution in [3.63, 3.8) is 0 Å². The van der Waals surface area contributed by atoms with Gasteiger partial charge in [0.1, 0.15) is 0 Å². The van der Waals surface area contributed by atoms with Gasteiger partial charge in [0.15, 0.2) is 0 Å². The third-order valence-corrected chi connectivity index (χ3v) is 3.22. The van der Waals surface area contributed by atoms with Gasteiger partial charge < -0.3 is 15.1 Å². The lowest BCUT2D eigenvalue weighted by Crippen LogP contribution is -2.53. The molecule has 2 saturated heterocycles. The van der Waals surface area contributed by atoms with Gasteiger partial charge in [0.05, 0.1) is 6.54 Å². The quantitative estimate of drug-likeness (QED) is 0.684. The number of nitrogens with one attached hydrogen (secondary N) is 1. The highest BCUT2D eigenvalue weighted by atomic mass is 16.2. The largest absolute Gasteiger partial charge is 0.338 e. The third-order valence-electron chi connectivity index (χ3n) is 3.22. The zero-order valence-electron chi connectivity index (χ0n) is 9.74. The van der Waals surface area contributed by atoms with Gasteiger partial charge >= 0.3 is 0 Å². The number of nitrogens with zero attached hydrogens (tertiary/aromatic N) is 2. The number of piperazine rings is 1. The Balaban J connectivity index is 1.85. The number of hydrogen-bond donors (Lipinski definition) is 1. The summed E-state index contributed by atoms with van der Waals surface area (Å²) >= 11 is 0. The number of rotatable bonds is 2. The first-order valence-electron chi connectivity index (χ1n) is 5.96. The molecule has 0 aliphatic carbocycles. The van der Waals surface area contributed by atoms with E-state index in [1.165, 1.54) is 0 Å². The molecule has 5 heteroatoms. The lowest BCUT2D eigenvalue weighted by molar-refractivity contribution is -0.139. The zero-order valence-corrected chi connectivity index (χ0v) is 9.74. The highest BCUT2D eigenvalue weighted by molar-refractivity contribution is 5.85. The average Bonchev–Trinajstić information content (AvgIpc) is 2.64. The second-order valence-corrected chi connectivity index (χ2v) is 4.61. The van der Waals surface area contributed by atoms with E-state index in [4.69, 9.17) is 0 Å². The van der Waals surface area contributed by atoms with Gasteiger partial charge in [-0.05, 0) is 13.3 Å². The minimum atomic E-state index is 0.0867. The molecule has 0 aromatic rings. The molecule has 5 nitrogen and oxygen atoms in total. The summed E-state index contributed by atoms with van der Waals surface area (Å²) in [5.41, 5.74) is 0. The van der Waals surface area contributed by atoms with Gasteiger partial charge in [-0.15, -0.1) is 0 Å². The standard InChI is InChI=1S/C11H19N3O2/c1-9-7-14(6-4-12-9)11(16)8-13-5-2-3-10(13)15/h9,12H,2-8H2,1H3. The van der Waals surface area contributed by atoms with Crippen molar-refractivity contribution in [3.05, 3.63) is 0 Å². The van der Waals surface area contributed by atoms with Crippen LogP contribution in [0.1, 0.15) is 19.8 Å². The lowest BCUT2D eigenvalue weighted by atomic mass is 10.2. The van der Waals surface area contributed by atoms with Gasteiger partial charge in [0.2, 0.25) is 11.8 Å². The zero-order chi connectivity index (χ0) is 11.5. The molecular weight excluding hydrogens is 206 g/mol. The topological polar surface area (TPSA) is 52.7 Å². The number of carbonyl (C=O) groups excluding carboxylic acids is 2. The lowest BCUT2D eigenvalue weighted by Gasteiger charge is -2.33. The molecule has 2 aliphatic rings. The fourth-order valence-corrected chi connectivity index (χ4v) is 2.29. The van der Waals surface area contributed by atoms with Crippen LogP contribution in [0.5, 0.6) is 0 Å². The maximum Gasteiger partial charge on any atom is 0.242 e. The third kappa shape index (κ3) is 2.52. The number of hydrogen-bond acceptors (Lipinski definition) is 3. The Morgan fingerprint density at radius 3 is 2.94 bits per heavy atom. The highest BCUT2D eigenvalue weighted by Gasteiger charge is 2.26. The summed E-state index contributed by atoms with van der Waals surface area (Å²) < 4.78 is 0. The maximum atomic E-state index is 11.9. The molecule has 2 fully saturated rings. The van der Waals surface area contributed by atoms with E-state index < -0.39 is 0 Å². The normalized spacial score (nSPS) is 26.3. The monoisotopic (exact) mass is 225 g/mol. The molecule has 16 heavy (non-hydrogen) atoms. The van der Waals surface area contributed by atoms with Gasteiger partial charge in [-0.2, -0.15) is 0 Å². The van der Waals surface area contributed by atoms with Crippen LogP contribution in [-0.4, -0.2) is 60.4 Å². The maximum absolute atomic E-state index is 11.9. The molecule has 0 bridgehead atoms. The van der Waals surface area contributed by atoms with E-state index in [2.05, 4.69) is 12.2 Å². The molecule has 2 aliphatic heterocycles. The van der Waals surface area contributed by atoms with Crippen LogP contribution >= 0.6 is 0 Å². The van der Waals surface area contributed by atoms with E-state index in [1.807, 2.05) is 4.90 Å². The van der Waals surface area contributed by atoms with Crippen LogP contribution in [0.3, 0.4) is 0 Å². The molecule has 1 unspecified atom stereocenters. The first kappa shape index (κ1) is 11.4. The molecule has 0 aromatic carbocycles. The van der Waals surface area contributed by atoms with Crippen molar-refractivity contribution in [1.29, 1.82) is 0 Å². The highest BCUT2D eigenvalue weighted by Crippen LogP contribution is 2.10. The van der Waals surface area contributed by atoms with E-state index in [0.29, 0.717) is 12.5 Å². The van der Waals surface area contributed by atoms with Crippen LogP contribution in [0.25, 0.3) is 0 Å². The van der Waals surface area contributed by atoms with Crippen molar-refractivity contribution in [3.8, 4) is 0 Å². The molecule has 0 spiro atoms. The van der Waals surface area contributed by atoms with Crippen LogP contribution in [0.2, 0.25) is 0 Å². The summed E-state index contributed by atoms with van der Waals surface area (Å²) in [6, 6.07) is 0.354. The average molecular weight is 225 g/mol. The summed E-state index contributed by atoms with van der Waals surface area (Å²) in [6.45, 7) is 5.44. The van der Waals surface area contributed by atoms with E-state index in [1.54, 1.807) is 4.90 Å². The predicted molar refractivity (Wildman–Crippen MR) is 59.9 cm³/mol. The van der Waals surface area contributed by atoms with Crippen molar-refractivity contribution in [1.82, 2.24) is 15.1 Å². The first-order valence-corrected chi connectivity index (χ1v) is 5.96. The summed E-state index contributed by atoms with van der Waals surface area (Å²) in [5.74, 6) is 0.208. The molecular formula is C11H19N3O2. The fourth-order valence-electron chi connectivity index (χ4n) is 2.29. The molecule has 2 heterocycles. The number of likely N-dealkylation sites (tertiary alicyclic amines) is 1. The molecule has 2 amide bonds. The minimum Gasteiger partial charge on any atom is -0.338 e. The Morgan fingerprint density at radius 1 is 1.50 bits per heavy atom. The SMILES string of the molecule is CC1CN(C(=O)CN2CCCC2=O)CCN1.